The number of hydrogen-bond donors (Lipinski definition) is 1. The fourth-order valence-corrected chi connectivity index (χ4v) is 3.11. The molecule has 1 aromatic heterocycles. The van der Waals surface area contributed by atoms with Gasteiger partial charge < -0.3 is 14.6 Å². The second-order valence-corrected chi connectivity index (χ2v) is 6.70. The molecule has 0 spiro atoms. The summed E-state index contributed by atoms with van der Waals surface area (Å²) in [5.41, 5.74) is 1.65. The van der Waals surface area contributed by atoms with Crippen LogP contribution in [0, 0.1) is 0 Å². The van der Waals surface area contributed by atoms with Crippen molar-refractivity contribution in [3.05, 3.63) is 63.7 Å². The summed E-state index contributed by atoms with van der Waals surface area (Å²) in [7, 11) is 1.28. The normalized spacial score (nSPS) is 10.7. The summed E-state index contributed by atoms with van der Waals surface area (Å²) in [6, 6.07) is 12.5. The van der Waals surface area contributed by atoms with E-state index in [2.05, 4.69) is 26.0 Å². The van der Waals surface area contributed by atoms with Crippen molar-refractivity contribution in [1.29, 1.82) is 0 Å². The van der Waals surface area contributed by atoms with Crippen LogP contribution >= 0.6 is 27.5 Å². The van der Waals surface area contributed by atoms with Gasteiger partial charge in [-0.2, -0.15) is 0 Å². The molecule has 0 radical (unpaired) electrons. The molecule has 7 heteroatoms. The number of rotatable bonds is 4. The highest BCUT2D eigenvalue weighted by molar-refractivity contribution is 9.10. The maximum absolute atomic E-state index is 12.3. The van der Waals surface area contributed by atoms with Crippen LogP contribution in [0.3, 0.4) is 0 Å². The van der Waals surface area contributed by atoms with Crippen molar-refractivity contribution in [3.63, 3.8) is 0 Å². The van der Waals surface area contributed by atoms with Gasteiger partial charge in [0.05, 0.1) is 17.7 Å². The summed E-state index contributed by atoms with van der Waals surface area (Å²) >= 11 is 9.41. The number of aromatic nitrogens is 1. The molecule has 5 nitrogen and oxygen atoms in total. The Morgan fingerprint density at radius 3 is 2.76 bits per heavy atom. The van der Waals surface area contributed by atoms with E-state index in [1.807, 2.05) is 35.0 Å². The summed E-state index contributed by atoms with van der Waals surface area (Å²) in [5, 5.41) is 4.08. The fourth-order valence-electron chi connectivity index (χ4n) is 2.53. The molecule has 25 heavy (non-hydrogen) atoms. The number of carbonyl (C=O) groups excluding carboxylic acids is 2. The molecule has 0 aliphatic rings. The number of hydrogen-bond acceptors (Lipinski definition) is 3. The van der Waals surface area contributed by atoms with Gasteiger partial charge in [-0.1, -0.05) is 27.5 Å². The van der Waals surface area contributed by atoms with E-state index in [-0.39, 0.29) is 23.0 Å². The highest BCUT2D eigenvalue weighted by Gasteiger charge is 2.13. The van der Waals surface area contributed by atoms with Crippen molar-refractivity contribution in [2.24, 2.45) is 0 Å². The van der Waals surface area contributed by atoms with Crippen LogP contribution in [-0.2, 0) is 16.1 Å². The largest absolute Gasteiger partial charge is 0.465 e. The standard InChI is InChI=1S/C18H14BrClN2O3/c1-25-18(24)14-9-13(3-4-15(14)20)21-17(23)10-22-7-6-11-8-12(19)2-5-16(11)22/h2-9H,10H2,1H3,(H,21,23). The minimum Gasteiger partial charge on any atom is -0.465 e. The lowest BCUT2D eigenvalue weighted by atomic mass is 10.2. The number of fused-ring (bicyclic) bond motifs is 1. The van der Waals surface area contributed by atoms with Gasteiger partial charge in [-0.3, -0.25) is 4.79 Å². The van der Waals surface area contributed by atoms with Crippen molar-refractivity contribution in [1.82, 2.24) is 4.57 Å². The third-order valence-corrected chi connectivity index (χ3v) is 4.53. The fraction of sp³-hybridized carbons (Fsp3) is 0.111. The molecule has 1 heterocycles. The lowest BCUT2D eigenvalue weighted by Crippen LogP contribution is -2.18. The number of halogens is 2. The van der Waals surface area contributed by atoms with E-state index in [4.69, 9.17) is 11.6 Å². The summed E-state index contributed by atoms with van der Waals surface area (Å²) in [4.78, 5) is 24.0. The third kappa shape index (κ3) is 3.86. The number of esters is 1. The maximum atomic E-state index is 12.3. The van der Waals surface area contributed by atoms with E-state index >= 15 is 0 Å². The second-order valence-electron chi connectivity index (χ2n) is 5.38. The SMILES string of the molecule is COC(=O)c1cc(NC(=O)Cn2ccc3cc(Br)ccc32)ccc1Cl. The van der Waals surface area contributed by atoms with Gasteiger partial charge in [0.2, 0.25) is 5.91 Å². The van der Waals surface area contributed by atoms with Crippen LogP contribution in [0.5, 0.6) is 0 Å². The molecule has 1 amide bonds. The zero-order chi connectivity index (χ0) is 18.0. The first-order chi connectivity index (χ1) is 12.0. The molecular weight excluding hydrogens is 408 g/mol. The minimum atomic E-state index is -0.553. The highest BCUT2D eigenvalue weighted by atomic mass is 79.9. The van der Waals surface area contributed by atoms with E-state index in [0.717, 1.165) is 15.4 Å². The first-order valence-corrected chi connectivity index (χ1v) is 8.57. The van der Waals surface area contributed by atoms with Gasteiger partial charge in [-0.05, 0) is 42.5 Å². The van der Waals surface area contributed by atoms with E-state index in [1.54, 1.807) is 12.1 Å². The Morgan fingerprint density at radius 2 is 2.00 bits per heavy atom. The molecule has 2 aromatic carbocycles. The van der Waals surface area contributed by atoms with Crippen LogP contribution in [0.4, 0.5) is 5.69 Å². The molecule has 128 valence electrons. The quantitative estimate of drug-likeness (QED) is 0.632. The van der Waals surface area contributed by atoms with Crippen LogP contribution in [0.15, 0.2) is 53.1 Å². The van der Waals surface area contributed by atoms with Crippen molar-refractivity contribution in [3.8, 4) is 0 Å². The van der Waals surface area contributed by atoms with Crippen molar-refractivity contribution >= 4 is 56.0 Å². The molecule has 0 bridgehead atoms. The molecule has 0 aliphatic carbocycles. The number of methoxy groups -OCH3 is 1. The van der Waals surface area contributed by atoms with Gasteiger partial charge in [-0.15, -0.1) is 0 Å². The number of anilines is 1. The van der Waals surface area contributed by atoms with E-state index in [1.165, 1.54) is 13.2 Å². The molecule has 0 saturated carbocycles. The lowest BCUT2D eigenvalue weighted by molar-refractivity contribution is -0.116. The zero-order valence-electron chi connectivity index (χ0n) is 13.3. The van der Waals surface area contributed by atoms with Gasteiger partial charge >= 0.3 is 5.97 Å². The molecule has 0 saturated heterocycles. The average Bonchev–Trinajstić information content (AvgIpc) is 2.97. The average molecular weight is 422 g/mol. The first-order valence-electron chi connectivity index (χ1n) is 7.40. The van der Waals surface area contributed by atoms with Gasteiger partial charge in [-0.25, -0.2) is 4.79 Å². The molecule has 0 aliphatic heterocycles. The topological polar surface area (TPSA) is 60.3 Å². The summed E-state index contributed by atoms with van der Waals surface area (Å²) in [6.45, 7) is 0.154. The first kappa shape index (κ1) is 17.5. The Hall–Kier alpha value is -2.31. The molecular formula is C18H14BrClN2O3. The van der Waals surface area contributed by atoms with Gasteiger partial charge in [0.25, 0.3) is 0 Å². The Morgan fingerprint density at radius 1 is 1.20 bits per heavy atom. The summed E-state index contributed by atoms with van der Waals surface area (Å²) < 4.78 is 7.52. The summed E-state index contributed by atoms with van der Waals surface area (Å²) in [6.07, 6.45) is 1.86. The van der Waals surface area contributed by atoms with E-state index in [0.29, 0.717) is 5.69 Å². The van der Waals surface area contributed by atoms with Crippen LogP contribution < -0.4 is 5.32 Å². The van der Waals surface area contributed by atoms with Gasteiger partial charge in [0.1, 0.15) is 6.54 Å². The van der Waals surface area contributed by atoms with Crippen molar-refractivity contribution in [2.75, 3.05) is 12.4 Å². The smallest absolute Gasteiger partial charge is 0.339 e. The highest BCUT2D eigenvalue weighted by Crippen LogP contribution is 2.23. The molecule has 0 fully saturated rings. The number of carbonyl (C=O) groups is 2. The second kappa shape index (κ2) is 7.29. The maximum Gasteiger partial charge on any atom is 0.339 e. The van der Waals surface area contributed by atoms with Crippen LogP contribution in [0.2, 0.25) is 5.02 Å². The number of nitrogens with one attached hydrogen (secondary N) is 1. The number of nitrogens with zero attached hydrogens (tertiary/aromatic N) is 1. The molecule has 3 rings (SSSR count). The Kier molecular flexibility index (Phi) is 5.11. The van der Waals surface area contributed by atoms with Gasteiger partial charge in [0.15, 0.2) is 0 Å². The number of amides is 1. The predicted molar refractivity (Wildman–Crippen MR) is 101 cm³/mol. The van der Waals surface area contributed by atoms with Crippen LogP contribution in [0.1, 0.15) is 10.4 Å². The zero-order valence-corrected chi connectivity index (χ0v) is 15.6. The molecule has 3 aromatic rings. The third-order valence-electron chi connectivity index (χ3n) is 3.70. The minimum absolute atomic E-state index is 0.154. The van der Waals surface area contributed by atoms with E-state index < -0.39 is 5.97 Å². The number of benzene rings is 2. The van der Waals surface area contributed by atoms with Crippen molar-refractivity contribution in [2.45, 2.75) is 6.54 Å². The Balaban J connectivity index is 1.77. The lowest BCUT2D eigenvalue weighted by Gasteiger charge is -2.09. The van der Waals surface area contributed by atoms with Crippen LogP contribution in [-0.4, -0.2) is 23.6 Å². The molecule has 0 unspecified atom stereocenters. The van der Waals surface area contributed by atoms with Gasteiger partial charge in [0, 0.05) is 27.3 Å². The Bertz CT molecular complexity index is 968. The molecule has 1 N–H and O–H groups in total. The van der Waals surface area contributed by atoms with E-state index in [9.17, 15) is 9.59 Å². The summed E-state index contributed by atoms with van der Waals surface area (Å²) in [5.74, 6) is -0.762. The Labute approximate surface area is 157 Å². The molecule has 0 atom stereocenters. The monoisotopic (exact) mass is 420 g/mol. The predicted octanol–water partition coefficient (Wildman–Crippen LogP) is 4.48. The van der Waals surface area contributed by atoms with Crippen LogP contribution in [0.25, 0.3) is 10.9 Å². The van der Waals surface area contributed by atoms with Crippen molar-refractivity contribution < 1.29 is 14.3 Å². The number of ether oxygens (including phenoxy) is 1.